The highest BCUT2D eigenvalue weighted by Crippen LogP contribution is 2.46. The smallest absolute Gasteiger partial charge is 0.251 e. The number of aliphatic hydroxyl groups excluding tert-OH is 1. The van der Waals surface area contributed by atoms with Gasteiger partial charge in [0.15, 0.2) is 0 Å². The summed E-state index contributed by atoms with van der Waals surface area (Å²) in [5, 5.41) is 17.1. The molecule has 1 heterocycles. The lowest BCUT2D eigenvalue weighted by Gasteiger charge is -2.48. The lowest BCUT2D eigenvalue weighted by molar-refractivity contribution is -0.131. The highest BCUT2D eigenvalue weighted by Gasteiger charge is 2.48. The number of rotatable bonds is 11. The summed E-state index contributed by atoms with van der Waals surface area (Å²) in [7, 11) is 1.62. The third-order valence-electron chi connectivity index (χ3n) is 7.56. The number of amides is 2. The molecule has 2 amide bonds. The standard InChI is InChI=1S/C33H31N5O4.I2/c1-42-28-17-11-24(12-18-28)31-29(19-20-30(39)23-5-3-2-4-6-23)33(41)38(31)27-15-7-22(8-16-27)21-35-32(40)25-9-13-26(14-10-25)36-37-34;1-2/h2-18,29-31,39H,19-21H2,1H3,(H,35,40);. The fourth-order valence-electron chi connectivity index (χ4n) is 5.27. The number of azide groups is 1. The van der Waals surface area contributed by atoms with E-state index >= 15 is 0 Å². The van der Waals surface area contributed by atoms with Gasteiger partial charge in [0, 0.05) is 65.6 Å². The van der Waals surface area contributed by atoms with Gasteiger partial charge in [-0.3, -0.25) is 9.59 Å². The van der Waals surface area contributed by atoms with E-state index in [9.17, 15) is 14.7 Å². The molecular formula is C33H31I2N5O4. The minimum Gasteiger partial charge on any atom is -0.497 e. The van der Waals surface area contributed by atoms with E-state index in [2.05, 4.69) is 52.6 Å². The summed E-state index contributed by atoms with van der Waals surface area (Å²) in [4.78, 5) is 30.6. The molecule has 5 rings (SSSR count). The van der Waals surface area contributed by atoms with Crippen molar-refractivity contribution in [1.82, 2.24) is 5.32 Å². The van der Waals surface area contributed by atoms with E-state index in [1.807, 2.05) is 78.9 Å². The van der Waals surface area contributed by atoms with Crippen LogP contribution < -0.4 is 15.0 Å². The number of hydrogen-bond acceptors (Lipinski definition) is 5. The number of ether oxygens (including phenoxy) is 1. The zero-order chi connectivity index (χ0) is 31.5. The zero-order valence-corrected chi connectivity index (χ0v) is 28.2. The third kappa shape index (κ3) is 8.08. The number of anilines is 1. The molecule has 226 valence electrons. The minimum atomic E-state index is -0.636. The van der Waals surface area contributed by atoms with Gasteiger partial charge in [-0.05, 0) is 71.5 Å². The van der Waals surface area contributed by atoms with Gasteiger partial charge in [-0.1, -0.05) is 71.8 Å². The molecule has 0 saturated carbocycles. The third-order valence-corrected chi connectivity index (χ3v) is 7.56. The van der Waals surface area contributed by atoms with E-state index in [1.165, 1.54) is 0 Å². The Hall–Kier alpha value is -3.65. The van der Waals surface area contributed by atoms with Gasteiger partial charge < -0.3 is 20.1 Å². The molecule has 4 aromatic carbocycles. The Balaban J connectivity index is 0.00000216. The number of β-lactam (4-membered cyclic amide) rings is 1. The summed E-state index contributed by atoms with van der Waals surface area (Å²) in [5.41, 5.74) is 12.9. The van der Waals surface area contributed by atoms with Crippen molar-refractivity contribution in [1.29, 1.82) is 0 Å². The highest BCUT2D eigenvalue weighted by atomic mass is 128. The van der Waals surface area contributed by atoms with Crippen LogP contribution >= 0.6 is 37.2 Å². The molecule has 3 unspecified atom stereocenters. The van der Waals surface area contributed by atoms with Crippen LogP contribution in [-0.4, -0.2) is 24.0 Å². The van der Waals surface area contributed by atoms with Gasteiger partial charge in [-0.15, -0.1) is 0 Å². The predicted octanol–water partition coefficient (Wildman–Crippen LogP) is 8.56. The Morgan fingerprint density at radius 2 is 1.66 bits per heavy atom. The van der Waals surface area contributed by atoms with Crippen molar-refractivity contribution >= 4 is 60.4 Å². The van der Waals surface area contributed by atoms with Crippen molar-refractivity contribution in [2.75, 3.05) is 12.0 Å². The van der Waals surface area contributed by atoms with Gasteiger partial charge in [0.1, 0.15) is 5.75 Å². The number of nitrogens with zero attached hydrogens (tertiary/aromatic N) is 4. The lowest BCUT2D eigenvalue weighted by atomic mass is 9.78. The van der Waals surface area contributed by atoms with Crippen LogP contribution in [0.1, 0.15) is 52.0 Å². The number of carbonyl (C=O) groups excluding carboxylic acids is 2. The summed E-state index contributed by atoms with van der Waals surface area (Å²) < 4.78 is 5.32. The molecule has 3 atom stereocenters. The molecular weight excluding hydrogens is 784 g/mol. The molecule has 2 N–H and O–H groups in total. The largest absolute Gasteiger partial charge is 0.497 e. The van der Waals surface area contributed by atoms with E-state index in [1.54, 1.807) is 36.3 Å². The molecule has 0 spiro atoms. The molecule has 1 saturated heterocycles. The maximum absolute atomic E-state index is 13.5. The Labute approximate surface area is 279 Å². The van der Waals surface area contributed by atoms with E-state index in [0.29, 0.717) is 30.6 Å². The Morgan fingerprint density at radius 3 is 2.27 bits per heavy atom. The van der Waals surface area contributed by atoms with Crippen molar-refractivity contribution in [3.8, 4) is 5.75 Å². The number of methoxy groups -OCH3 is 1. The van der Waals surface area contributed by atoms with Gasteiger partial charge >= 0.3 is 0 Å². The first-order chi connectivity index (χ1) is 21.5. The second-order valence-electron chi connectivity index (χ2n) is 10.1. The summed E-state index contributed by atoms with van der Waals surface area (Å²) in [6.45, 7) is 0.313. The van der Waals surface area contributed by atoms with Crippen LogP contribution in [0.4, 0.5) is 11.4 Å². The van der Waals surface area contributed by atoms with Crippen LogP contribution in [-0.2, 0) is 11.3 Å². The molecule has 0 radical (unpaired) electrons. The van der Waals surface area contributed by atoms with Gasteiger partial charge in [-0.2, -0.15) is 0 Å². The second-order valence-corrected chi connectivity index (χ2v) is 10.1. The van der Waals surface area contributed by atoms with Crippen molar-refractivity contribution in [3.05, 3.63) is 136 Å². The SMILES string of the molecule is COc1ccc(C2C(CCC(O)c3ccccc3)C(=O)N2c2ccc(CNC(=O)c3ccc(N=[N+]=[N-])cc3)cc2)cc1.II. The lowest BCUT2D eigenvalue weighted by Crippen LogP contribution is -2.55. The number of benzene rings is 4. The second kappa shape index (κ2) is 16.4. The zero-order valence-electron chi connectivity index (χ0n) is 23.9. The van der Waals surface area contributed by atoms with E-state index in [0.717, 1.165) is 28.1 Å². The van der Waals surface area contributed by atoms with Crippen LogP contribution in [0, 0.1) is 5.92 Å². The first-order valence-electron chi connectivity index (χ1n) is 13.8. The van der Waals surface area contributed by atoms with Gasteiger partial charge in [0.05, 0.1) is 25.2 Å². The monoisotopic (exact) mass is 815 g/mol. The van der Waals surface area contributed by atoms with Crippen LogP contribution in [0.5, 0.6) is 5.75 Å². The van der Waals surface area contributed by atoms with Crippen LogP contribution in [0.3, 0.4) is 0 Å². The minimum absolute atomic E-state index is 0.0151. The first-order valence-corrected chi connectivity index (χ1v) is 20.1. The van der Waals surface area contributed by atoms with E-state index < -0.39 is 6.10 Å². The van der Waals surface area contributed by atoms with Crippen LogP contribution in [0.25, 0.3) is 10.4 Å². The van der Waals surface area contributed by atoms with Gasteiger partial charge in [0.2, 0.25) is 5.91 Å². The summed E-state index contributed by atoms with van der Waals surface area (Å²) in [6, 6.07) is 31.0. The van der Waals surface area contributed by atoms with Crippen LogP contribution in [0.2, 0.25) is 0 Å². The van der Waals surface area contributed by atoms with Crippen molar-refractivity contribution in [3.63, 3.8) is 0 Å². The topological polar surface area (TPSA) is 128 Å². The van der Waals surface area contributed by atoms with Crippen molar-refractivity contribution in [2.45, 2.75) is 31.5 Å². The number of nitrogens with one attached hydrogen (secondary N) is 1. The quantitative estimate of drug-likeness (QED) is 0.0517. The van der Waals surface area contributed by atoms with Crippen molar-refractivity contribution < 1.29 is 19.4 Å². The highest BCUT2D eigenvalue weighted by molar-refractivity contribution is 15.0. The average Bonchev–Trinajstić information content (AvgIpc) is 3.08. The maximum atomic E-state index is 13.5. The molecule has 0 aliphatic carbocycles. The number of halogens is 2. The van der Waals surface area contributed by atoms with Gasteiger partial charge in [0.25, 0.3) is 5.91 Å². The summed E-state index contributed by atoms with van der Waals surface area (Å²) in [6.07, 6.45) is 0.396. The number of hydrogen-bond donors (Lipinski definition) is 2. The summed E-state index contributed by atoms with van der Waals surface area (Å²) in [5.74, 6) is 0.247. The van der Waals surface area contributed by atoms with Crippen molar-refractivity contribution in [2.24, 2.45) is 11.0 Å². The fourth-order valence-corrected chi connectivity index (χ4v) is 5.27. The predicted molar refractivity (Wildman–Crippen MR) is 188 cm³/mol. The molecule has 9 nitrogen and oxygen atoms in total. The molecule has 1 aliphatic rings. The number of carbonyl (C=O) groups is 2. The molecule has 1 aliphatic heterocycles. The Kier molecular flexibility index (Phi) is 12.4. The normalized spacial score (nSPS) is 16.0. The van der Waals surface area contributed by atoms with E-state index in [-0.39, 0.29) is 23.8 Å². The molecule has 4 aromatic rings. The number of aliphatic hydroxyl groups is 1. The Bertz CT molecular complexity index is 1580. The average molecular weight is 815 g/mol. The molecule has 11 heteroatoms. The summed E-state index contributed by atoms with van der Waals surface area (Å²) >= 11 is 4.24. The molecule has 1 fully saturated rings. The first kappa shape index (κ1) is 33.2. The molecule has 0 aromatic heterocycles. The fraction of sp³-hybridized carbons (Fsp3) is 0.212. The maximum Gasteiger partial charge on any atom is 0.251 e. The Morgan fingerprint density at radius 1 is 1.00 bits per heavy atom. The molecule has 0 bridgehead atoms. The van der Waals surface area contributed by atoms with E-state index in [4.69, 9.17) is 10.3 Å². The van der Waals surface area contributed by atoms with Gasteiger partial charge in [-0.25, -0.2) is 0 Å². The van der Waals surface area contributed by atoms with Crippen LogP contribution in [0.15, 0.2) is 108 Å². The molecule has 44 heavy (non-hydrogen) atoms.